The van der Waals surface area contributed by atoms with Gasteiger partial charge in [0.05, 0.1) is 11.1 Å². The maximum absolute atomic E-state index is 11.5. The third kappa shape index (κ3) is 1.32. The number of fused-ring (bicyclic) bond motifs is 1. The lowest BCUT2D eigenvalue weighted by molar-refractivity contribution is -0.0638. The van der Waals surface area contributed by atoms with E-state index in [1.54, 1.807) is 12.1 Å². The zero-order valence-corrected chi connectivity index (χ0v) is 7.34. The Morgan fingerprint density at radius 2 is 1.60 bits per heavy atom. The molecular formula is C9H5NO5. The molecule has 2 rings (SSSR count). The van der Waals surface area contributed by atoms with Crippen molar-refractivity contribution in [2.75, 3.05) is 0 Å². The van der Waals surface area contributed by atoms with Gasteiger partial charge in [-0.3, -0.25) is 14.4 Å². The van der Waals surface area contributed by atoms with Crippen LogP contribution >= 0.6 is 0 Å². The summed E-state index contributed by atoms with van der Waals surface area (Å²) in [4.78, 5) is 37.2. The van der Waals surface area contributed by atoms with Crippen LogP contribution in [0.15, 0.2) is 24.3 Å². The fraction of sp³-hybridized carbons (Fsp3) is 0. The van der Waals surface area contributed by atoms with E-state index in [2.05, 4.69) is 4.84 Å². The highest BCUT2D eigenvalue weighted by atomic mass is 16.8. The molecule has 1 aliphatic rings. The van der Waals surface area contributed by atoms with E-state index in [0.717, 1.165) is 0 Å². The second-order valence-corrected chi connectivity index (χ2v) is 2.81. The smallest absolute Gasteiger partial charge is 0.448 e. The number of carbonyl (C=O) groups excluding carboxylic acids is 2. The number of carbonyl (C=O) groups is 3. The largest absolute Gasteiger partial charge is 0.531 e. The van der Waals surface area contributed by atoms with Crippen LogP contribution in [0.3, 0.4) is 0 Å². The Balaban J connectivity index is 2.41. The number of nitrogens with zero attached hydrogens (tertiary/aromatic N) is 1. The first-order chi connectivity index (χ1) is 7.11. The minimum atomic E-state index is -1.70. The predicted octanol–water partition coefficient (Wildman–Crippen LogP) is 0.892. The first-order valence-corrected chi connectivity index (χ1v) is 4.00. The van der Waals surface area contributed by atoms with Gasteiger partial charge < -0.3 is 5.11 Å². The third-order valence-corrected chi connectivity index (χ3v) is 1.93. The number of carboxylic acid groups (broad SMARTS) is 1. The molecule has 76 valence electrons. The first-order valence-electron chi connectivity index (χ1n) is 4.00. The Morgan fingerprint density at radius 3 is 2.00 bits per heavy atom. The van der Waals surface area contributed by atoms with E-state index in [9.17, 15) is 14.4 Å². The van der Waals surface area contributed by atoms with Gasteiger partial charge in [0.2, 0.25) is 0 Å². The van der Waals surface area contributed by atoms with Gasteiger partial charge in [-0.2, -0.15) is 0 Å². The molecule has 0 aromatic heterocycles. The van der Waals surface area contributed by atoms with Crippen molar-refractivity contribution >= 4 is 18.0 Å². The Hall–Kier alpha value is -2.37. The van der Waals surface area contributed by atoms with Crippen molar-refractivity contribution in [1.29, 1.82) is 0 Å². The Labute approximate surface area is 83.6 Å². The highest BCUT2D eigenvalue weighted by Crippen LogP contribution is 2.22. The fourth-order valence-electron chi connectivity index (χ4n) is 1.33. The van der Waals surface area contributed by atoms with Gasteiger partial charge >= 0.3 is 6.16 Å². The Kier molecular flexibility index (Phi) is 1.89. The van der Waals surface area contributed by atoms with Crippen molar-refractivity contribution in [2.45, 2.75) is 0 Å². The maximum Gasteiger partial charge on any atom is 0.531 e. The number of rotatable bonds is 1. The monoisotopic (exact) mass is 207 g/mol. The number of amides is 2. The molecule has 6 heteroatoms. The molecule has 0 unspecified atom stereocenters. The van der Waals surface area contributed by atoms with Gasteiger partial charge in [-0.15, -0.1) is 0 Å². The molecule has 0 saturated carbocycles. The van der Waals surface area contributed by atoms with Crippen LogP contribution in [-0.4, -0.2) is 28.1 Å². The van der Waals surface area contributed by atoms with Crippen molar-refractivity contribution in [1.82, 2.24) is 5.06 Å². The lowest BCUT2D eigenvalue weighted by Crippen LogP contribution is -2.31. The summed E-state index contributed by atoms with van der Waals surface area (Å²) in [6.45, 7) is 0. The van der Waals surface area contributed by atoms with Crippen molar-refractivity contribution in [3.63, 3.8) is 0 Å². The fourth-order valence-corrected chi connectivity index (χ4v) is 1.33. The van der Waals surface area contributed by atoms with Gasteiger partial charge in [0.25, 0.3) is 11.8 Å². The second kappa shape index (κ2) is 3.09. The van der Waals surface area contributed by atoms with Gasteiger partial charge in [-0.25, -0.2) is 4.79 Å². The minimum absolute atomic E-state index is 0.142. The molecule has 0 bridgehead atoms. The van der Waals surface area contributed by atoms with Crippen molar-refractivity contribution in [2.24, 2.45) is 0 Å². The highest BCUT2D eigenvalue weighted by molar-refractivity contribution is 6.20. The van der Waals surface area contributed by atoms with Gasteiger partial charge in [-0.1, -0.05) is 17.2 Å². The average molecular weight is 207 g/mol. The average Bonchev–Trinajstić information content (AvgIpc) is 2.44. The molecule has 0 radical (unpaired) electrons. The quantitative estimate of drug-likeness (QED) is 0.691. The Morgan fingerprint density at radius 1 is 1.13 bits per heavy atom. The van der Waals surface area contributed by atoms with Gasteiger partial charge in [0, 0.05) is 0 Å². The topological polar surface area (TPSA) is 83.9 Å². The van der Waals surface area contributed by atoms with Crippen LogP contribution in [0.2, 0.25) is 0 Å². The molecule has 1 aliphatic heterocycles. The molecule has 1 N–H and O–H groups in total. The van der Waals surface area contributed by atoms with E-state index in [0.29, 0.717) is 0 Å². The molecule has 15 heavy (non-hydrogen) atoms. The van der Waals surface area contributed by atoms with Crippen molar-refractivity contribution in [3.8, 4) is 0 Å². The summed E-state index contributed by atoms with van der Waals surface area (Å²) in [5.74, 6) is -1.53. The Bertz CT molecular complexity index is 432. The van der Waals surface area contributed by atoms with E-state index < -0.39 is 18.0 Å². The number of hydrogen-bond acceptors (Lipinski definition) is 4. The summed E-state index contributed by atoms with van der Waals surface area (Å²) in [5.41, 5.74) is 0.285. The predicted molar refractivity (Wildman–Crippen MR) is 46.1 cm³/mol. The molecule has 0 aliphatic carbocycles. The van der Waals surface area contributed by atoms with Crippen LogP contribution in [0.4, 0.5) is 4.79 Å². The molecule has 1 aromatic rings. The number of hydroxylamine groups is 2. The van der Waals surface area contributed by atoms with Crippen LogP contribution in [-0.2, 0) is 4.84 Å². The zero-order chi connectivity index (χ0) is 11.0. The van der Waals surface area contributed by atoms with Crippen LogP contribution in [0.5, 0.6) is 0 Å². The summed E-state index contributed by atoms with van der Waals surface area (Å²) in [5, 5.41) is 8.55. The molecule has 2 amide bonds. The molecule has 0 spiro atoms. The number of benzene rings is 1. The summed E-state index contributed by atoms with van der Waals surface area (Å²) in [6.07, 6.45) is -1.70. The normalized spacial score (nSPS) is 14.0. The third-order valence-electron chi connectivity index (χ3n) is 1.93. The van der Waals surface area contributed by atoms with Crippen LogP contribution in [0.25, 0.3) is 0 Å². The van der Waals surface area contributed by atoms with E-state index in [1.165, 1.54) is 12.1 Å². The second-order valence-electron chi connectivity index (χ2n) is 2.81. The van der Waals surface area contributed by atoms with Crippen LogP contribution in [0, 0.1) is 0 Å². The number of imide groups is 1. The van der Waals surface area contributed by atoms with Crippen LogP contribution < -0.4 is 0 Å². The standard InChI is InChI=1S/C9H5NO5/c11-7-5-3-1-2-4-6(5)8(12)10(7)15-9(13)14/h1-4H,(H,13,14). The molecular weight excluding hydrogens is 202 g/mol. The minimum Gasteiger partial charge on any atom is -0.448 e. The first kappa shape index (κ1) is 9.20. The van der Waals surface area contributed by atoms with Crippen LogP contribution in [0.1, 0.15) is 20.7 Å². The number of hydrogen-bond donors (Lipinski definition) is 1. The van der Waals surface area contributed by atoms with E-state index >= 15 is 0 Å². The molecule has 1 heterocycles. The maximum atomic E-state index is 11.5. The molecule has 1 aromatic carbocycles. The summed E-state index contributed by atoms with van der Waals surface area (Å²) < 4.78 is 0. The van der Waals surface area contributed by atoms with E-state index in [1.807, 2.05) is 0 Å². The summed E-state index contributed by atoms with van der Waals surface area (Å²) in [7, 11) is 0. The lowest BCUT2D eigenvalue weighted by Gasteiger charge is -2.08. The van der Waals surface area contributed by atoms with Gasteiger partial charge in [0.15, 0.2) is 0 Å². The molecule has 0 fully saturated rings. The molecule has 0 atom stereocenters. The van der Waals surface area contributed by atoms with E-state index in [4.69, 9.17) is 5.11 Å². The van der Waals surface area contributed by atoms with Crippen molar-refractivity contribution < 1.29 is 24.3 Å². The molecule has 6 nitrogen and oxygen atoms in total. The highest BCUT2D eigenvalue weighted by Gasteiger charge is 2.38. The zero-order valence-electron chi connectivity index (χ0n) is 7.34. The molecule has 0 saturated heterocycles. The SMILES string of the molecule is O=C(O)ON1C(=O)c2ccccc2C1=O. The van der Waals surface area contributed by atoms with Crippen molar-refractivity contribution in [3.05, 3.63) is 35.4 Å². The van der Waals surface area contributed by atoms with Gasteiger partial charge in [-0.05, 0) is 12.1 Å². The lowest BCUT2D eigenvalue weighted by atomic mass is 10.1. The summed E-state index contributed by atoms with van der Waals surface area (Å²) >= 11 is 0. The summed E-state index contributed by atoms with van der Waals surface area (Å²) in [6, 6.07) is 6.02. The van der Waals surface area contributed by atoms with E-state index in [-0.39, 0.29) is 16.2 Å². The van der Waals surface area contributed by atoms with Gasteiger partial charge in [0.1, 0.15) is 0 Å².